The Balaban J connectivity index is 2.80. The number of benzene rings is 1. The molecular weight excluding hydrogens is 236 g/mol. The number of hydrogen-bond acceptors (Lipinski definition) is 2. The van der Waals surface area contributed by atoms with Crippen molar-refractivity contribution in [2.45, 2.75) is 52.1 Å². The van der Waals surface area contributed by atoms with Gasteiger partial charge in [-0.2, -0.15) is 0 Å². The fourth-order valence-corrected chi connectivity index (χ4v) is 2.08. The number of carbonyl (C=O) groups is 1. The van der Waals surface area contributed by atoms with Crippen molar-refractivity contribution in [3.05, 3.63) is 35.9 Å². The molecule has 1 aromatic carbocycles. The fraction of sp³-hybridized carbons (Fsp3) is 0.562. The van der Waals surface area contributed by atoms with E-state index in [0.717, 1.165) is 31.4 Å². The number of hydrogen-bond donors (Lipinski definition) is 1. The Morgan fingerprint density at radius 3 is 2.42 bits per heavy atom. The van der Waals surface area contributed by atoms with E-state index >= 15 is 0 Å². The van der Waals surface area contributed by atoms with Crippen LogP contribution < -0.4 is 5.73 Å². The maximum absolute atomic E-state index is 12.6. The molecule has 106 valence electrons. The number of amides is 1. The zero-order valence-electron chi connectivity index (χ0n) is 12.3. The fourth-order valence-electron chi connectivity index (χ4n) is 2.08. The Bertz CT molecular complexity index is 378. The summed E-state index contributed by atoms with van der Waals surface area (Å²) in [6.45, 7) is 7.12. The third-order valence-electron chi connectivity index (χ3n) is 3.58. The first kappa shape index (κ1) is 15.7. The average Bonchev–Trinajstić information content (AvgIpc) is 2.47. The highest BCUT2D eigenvalue weighted by Crippen LogP contribution is 2.16. The first-order valence-electron chi connectivity index (χ1n) is 7.22. The summed E-state index contributed by atoms with van der Waals surface area (Å²) in [5, 5.41) is 0. The van der Waals surface area contributed by atoms with Gasteiger partial charge in [0.05, 0.1) is 0 Å². The third kappa shape index (κ3) is 4.35. The van der Waals surface area contributed by atoms with Gasteiger partial charge in [0.2, 0.25) is 5.91 Å². The third-order valence-corrected chi connectivity index (χ3v) is 3.58. The summed E-state index contributed by atoms with van der Waals surface area (Å²) in [5.74, 6) is 0.0361. The highest BCUT2D eigenvalue weighted by atomic mass is 16.2. The molecule has 19 heavy (non-hydrogen) atoms. The Hall–Kier alpha value is -1.35. The Kier molecular flexibility index (Phi) is 6.57. The van der Waals surface area contributed by atoms with E-state index in [9.17, 15) is 4.79 Å². The smallest absolute Gasteiger partial charge is 0.244 e. The van der Waals surface area contributed by atoms with Gasteiger partial charge in [-0.05, 0) is 25.3 Å². The largest absolute Gasteiger partial charge is 0.338 e. The Morgan fingerprint density at radius 2 is 1.89 bits per heavy atom. The topological polar surface area (TPSA) is 46.3 Å². The van der Waals surface area contributed by atoms with Crippen molar-refractivity contribution in [2.24, 2.45) is 5.73 Å². The molecule has 0 radical (unpaired) electrons. The minimum atomic E-state index is -0.549. The van der Waals surface area contributed by atoms with Crippen LogP contribution >= 0.6 is 0 Å². The minimum absolute atomic E-state index is 0.0361. The van der Waals surface area contributed by atoms with Crippen LogP contribution in [0.25, 0.3) is 0 Å². The molecule has 2 atom stereocenters. The average molecular weight is 262 g/mol. The molecule has 0 saturated heterocycles. The van der Waals surface area contributed by atoms with Gasteiger partial charge >= 0.3 is 0 Å². The second-order valence-electron chi connectivity index (χ2n) is 5.03. The molecule has 1 amide bonds. The molecule has 0 fully saturated rings. The van der Waals surface area contributed by atoms with E-state index in [4.69, 9.17) is 5.73 Å². The Morgan fingerprint density at radius 1 is 1.26 bits per heavy atom. The molecule has 0 saturated carbocycles. The summed E-state index contributed by atoms with van der Waals surface area (Å²) in [5.41, 5.74) is 7.00. The molecule has 3 nitrogen and oxygen atoms in total. The summed E-state index contributed by atoms with van der Waals surface area (Å²) in [4.78, 5) is 14.5. The van der Waals surface area contributed by atoms with Gasteiger partial charge in [0, 0.05) is 12.6 Å². The molecule has 1 rings (SSSR count). The minimum Gasteiger partial charge on any atom is -0.338 e. The van der Waals surface area contributed by atoms with Gasteiger partial charge < -0.3 is 10.6 Å². The van der Waals surface area contributed by atoms with E-state index in [2.05, 4.69) is 20.8 Å². The summed E-state index contributed by atoms with van der Waals surface area (Å²) in [6.07, 6.45) is 3.06. The maximum Gasteiger partial charge on any atom is 0.244 e. The molecule has 3 heteroatoms. The number of nitrogens with zero attached hydrogens (tertiary/aromatic N) is 1. The van der Waals surface area contributed by atoms with Crippen molar-refractivity contribution in [1.82, 2.24) is 4.90 Å². The van der Waals surface area contributed by atoms with E-state index < -0.39 is 6.04 Å². The Labute approximate surface area is 116 Å². The van der Waals surface area contributed by atoms with Crippen LogP contribution in [0, 0.1) is 0 Å². The number of carbonyl (C=O) groups excluding carboxylic acids is 1. The summed E-state index contributed by atoms with van der Waals surface area (Å²) in [7, 11) is 0. The highest BCUT2D eigenvalue weighted by Gasteiger charge is 2.24. The van der Waals surface area contributed by atoms with Crippen molar-refractivity contribution >= 4 is 5.91 Å². The van der Waals surface area contributed by atoms with Crippen LogP contribution in [0.15, 0.2) is 30.3 Å². The van der Waals surface area contributed by atoms with Crippen LogP contribution in [0.3, 0.4) is 0 Å². The normalized spacial score (nSPS) is 13.9. The lowest BCUT2D eigenvalue weighted by molar-refractivity contribution is -0.135. The summed E-state index contributed by atoms with van der Waals surface area (Å²) in [6, 6.07) is 9.30. The summed E-state index contributed by atoms with van der Waals surface area (Å²) >= 11 is 0. The standard InChI is InChI=1S/C16H26N2O/c1-4-6-12-18(13(3)5-2)16(19)15(17)14-10-8-7-9-11-14/h7-11,13,15H,4-6,12,17H2,1-3H3/t13?,15-/m1/s1. The van der Waals surface area contributed by atoms with Crippen molar-refractivity contribution in [3.63, 3.8) is 0 Å². The van der Waals surface area contributed by atoms with E-state index in [1.54, 1.807) is 0 Å². The van der Waals surface area contributed by atoms with E-state index in [1.165, 1.54) is 0 Å². The van der Waals surface area contributed by atoms with Crippen LogP contribution in [0.5, 0.6) is 0 Å². The molecule has 0 bridgehead atoms. The van der Waals surface area contributed by atoms with Gasteiger partial charge in [-0.1, -0.05) is 50.6 Å². The van der Waals surface area contributed by atoms with Crippen LogP contribution in [0.1, 0.15) is 51.6 Å². The van der Waals surface area contributed by atoms with Gasteiger partial charge in [-0.15, -0.1) is 0 Å². The van der Waals surface area contributed by atoms with Crippen molar-refractivity contribution < 1.29 is 4.79 Å². The molecule has 1 unspecified atom stereocenters. The maximum atomic E-state index is 12.6. The van der Waals surface area contributed by atoms with Gasteiger partial charge in [0.15, 0.2) is 0 Å². The van der Waals surface area contributed by atoms with Crippen LogP contribution in [-0.4, -0.2) is 23.4 Å². The lowest BCUT2D eigenvalue weighted by atomic mass is 10.0. The first-order valence-corrected chi connectivity index (χ1v) is 7.22. The van der Waals surface area contributed by atoms with Gasteiger partial charge in [-0.3, -0.25) is 4.79 Å². The lowest BCUT2D eigenvalue weighted by Gasteiger charge is -2.31. The van der Waals surface area contributed by atoms with E-state index in [1.807, 2.05) is 35.2 Å². The SMILES string of the molecule is CCCCN(C(=O)[C@H](N)c1ccccc1)C(C)CC. The molecule has 0 aromatic heterocycles. The zero-order valence-corrected chi connectivity index (χ0v) is 12.3. The molecule has 1 aromatic rings. The van der Waals surface area contributed by atoms with E-state index in [-0.39, 0.29) is 11.9 Å². The predicted molar refractivity (Wildman–Crippen MR) is 79.7 cm³/mol. The lowest BCUT2D eigenvalue weighted by Crippen LogP contribution is -2.44. The molecule has 0 heterocycles. The first-order chi connectivity index (χ1) is 9.11. The second kappa shape index (κ2) is 7.95. The molecule has 0 spiro atoms. The molecule has 0 aliphatic carbocycles. The highest BCUT2D eigenvalue weighted by molar-refractivity contribution is 5.83. The molecule has 0 aliphatic rings. The summed E-state index contributed by atoms with van der Waals surface area (Å²) < 4.78 is 0. The molecular formula is C16H26N2O. The van der Waals surface area contributed by atoms with E-state index in [0.29, 0.717) is 0 Å². The van der Waals surface area contributed by atoms with Crippen molar-refractivity contribution in [3.8, 4) is 0 Å². The van der Waals surface area contributed by atoms with Gasteiger partial charge in [0.25, 0.3) is 0 Å². The van der Waals surface area contributed by atoms with Crippen molar-refractivity contribution in [1.29, 1.82) is 0 Å². The van der Waals surface area contributed by atoms with Crippen LogP contribution in [0.4, 0.5) is 0 Å². The van der Waals surface area contributed by atoms with Gasteiger partial charge in [-0.25, -0.2) is 0 Å². The number of rotatable bonds is 7. The predicted octanol–water partition coefficient (Wildman–Crippen LogP) is 3.11. The van der Waals surface area contributed by atoms with Crippen LogP contribution in [-0.2, 0) is 4.79 Å². The molecule has 2 N–H and O–H groups in total. The number of unbranched alkanes of at least 4 members (excludes halogenated alkanes) is 1. The monoisotopic (exact) mass is 262 g/mol. The van der Waals surface area contributed by atoms with Crippen LogP contribution in [0.2, 0.25) is 0 Å². The zero-order chi connectivity index (χ0) is 14.3. The molecule has 0 aliphatic heterocycles. The van der Waals surface area contributed by atoms with Crippen molar-refractivity contribution in [2.75, 3.05) is 6.54 Å². The van der Waals surface area contributed by atoms with Gasteiger partial charge in [0.1, 0.15) is 6.04 Å². The second-order valence-corrected chi connectivity index (χ2v) is 5.03. The quantitative estimate of drug-likeness (QED) is 0.820. The number of nitrogens with two attached hydrogens (primary N) is 1.